The van der Waals surface area contributed by atoms with E-state index in [1.54, 1.807) is 0 Å². The van der Waals surface area contributed by atoms with E-state index in [4.69, 9.17) is 0 Å². The lowest BCUT2D eigenvalue weighted by molar-refractivity contribution is 0.469. The van der Waals surface area contributed by atoms with Crippen LogP contribution in [0, 0.1) is 19.8 Å². The molecule has 0 saturated heterocycles. The Labute approximate surface area is 139 Å². The molecule has 0 saturated carbocycles. The second-order valence-corrected chi connectivity index (χ2v) is 7.22. The summed E-state index contributed by atoms with van der Waals surface area (Å²) in [6, 6.07) is 10.6. The predicted molar refractivity (Wildman–Crippen MR) is 97.5 cm³/mol. The van der Waals surface area contributed by atoms with Crippen molar-refractivity contribution in [1.82, 2.24) is 0 Å². The standard InChI is InChI=1S/C21H27NO/c1-13(2)18-7-8-22-21-6-5-16(12-20(18)21)11-19-14(3)9-17(23)10-15(19)4/h5-6,9-10,12-13,18,22-23H,7-8,11H2,1-4H3. The first-order valence-electron chi connectivity index (χ1n) is 8.61. The van der Waals surface area contributed by atoms with E-state index >= 15 is 0 Å². The molecule has 23 heavy (non-hydrogen) atoms. The molecule has 0 aliphatic carbocycles. The van der Waals surface area contributed by atoms with Gasteiger partial charge in [-0.2, -0.15) is 0 Å². The zero-order valence-corrected chi connectivity index (χ0v) is 14.6. The molecule has 1 aliphatic heterocycles. The van der Waals surface area contributed by atoms with Crippen LogP contribution in [0.4, 0.5) is 5.69 Å². The van der Waals surface area contributed by atoms with Gasteiger partial charge in [0.2, 0.25) is 0 Å². The van der Waals surface area contributed by atoms with E-state index in [0.29, 0.717) is 17.6 Å². The SMILES string of the molecule is Cc1cc(O)cc(C)c1Cc1ccc2c(c1)C(C(C)C)CCN2. The molecule has 0 bridgehead atoms. The topological polar surface area (TPSA) is 32.3 Å². The van der Waals surface area contributed by atoms with E-state index in [9.17, 15) is 5.11 Å². The first kappa shape index (κ1) is 15.9. The van der Waals surface area contributed by atoms with Gasteiger partial charge in [0.1, 0.15) is 5.75 Å². The first-order valence-corrected chi connectivity index (χ1v) is 8.61. The third kappa shape index (κ3) is 3.21. The number of hydrogen-bond acceptors (Lipinski definition) is 2. The highest BCUT2D eigenvalue weighted by atomic mass is 16.3. The van der Waals surface area contributed by atoms with Gasteiger partial charge < -0.3 is 10.4 Å². The number of hydrogen-bond donors (Lipinski definition) is 2. The van der Waals surface area contributed by atoms with Crippen LogP contribution in [0.3, 0.4) is 0 Å². The van der Waals surface area contributed by atoms with Crippen molar-refractivity contribution < 1.29 is 5.11 Å². The molecular weight excluding hydrogens is 282 g/mol. The molecule has 122 valence electrons. The maximum absolute atomic E-state index is 9.73. The summed E-state index contributed by atoms with van der Waals surface area (Å²) >= 11 is 0. The predicted octanol–water partition coefficient (Wildman–Crippen LogP) is 5.16. The van der Waals surface area contributed by atoms with Gasteiger partial charge in [-0.15, -0.1) is 0 Å². The van der Waals surface area contributed by atoms with Gasteiger partial charge in [0.05, 0.1) is 0 Å². The smallest absolute Gasteiger partial charge is 0.116 e. The van der Waals surface area contributed by atoms with Gasteiger partial charge in [-0.05, 0) is 84.5 Å². The van der Waals surface area contributed by atoms with Crippen molar-refractivity contribution in [3.05, 3.63) is 58.1 Å². The van der Waals surface area contributed by atoms with Crippen LogP contribution in [0.15, 0.2) is 30.3 Å². The lowest BCUT2D eigenvalue weighted by Gasteiger charge is -2.30. The summed E-state index contributed by atoms with van der Waals surface area (Å²) in [5.41, 5.74) is 7.79. The number of aryl methyl sites for hydroxylation is 2. The number of phenolic OH excluding ortho intramolecular Hbond substituents is 1. The Hall–Kier alpha value is -1.96. The van der Waals surface area contributed by atoms with E-state index in [1.165, 1.54) is 39.9 Å². The molecule has 1 heterocycles. The molecule has 1 atom stereocenters. The quantitative estimate of drug-likeness (QED) is 0.821. The summed E-state index contributed by atoms with van der Waals surface area (Å²) in [4.78, 5) is 0. The van der Waals surface area contributed by atoms with Crippen LogP contribution in [0.1, 0.15) is 54.0 Å². The Morgan fingerprint density at radius 2 is 1.83 bits per heavy atom. The lowest BCUT2D eigenvalue weighted by Crippen LogP contribution is -2.20. The Kier molecular flexibility index (Phi) is 4.34. The van der Waals surface area contributed by atoms with Gasteiger partial charge in [-0.3, -0.25) is 0 Å². The number of phenols is 1. The summed E-state index contributed by atoms with van der Waals surface area (Å²) in [5, 5.41) is 13.3. The lowest BCUT2D eigenvalue weighted by atomic mass is 9.81. The molecule has 0 fully saturated rings. The van der Waals surface area contributed by atoms with Crippen molar-refractivity contribution in [2.45, 2.75) is 46.5 Å². The minimum atomic E-state index is 0.360. The first-order chi connectivity index (χ1) is 11.0. The third-order valence-electron chi connectivity index (χ3n) is 5.15. The Morgan fingerprint density at radius 1 is 1.13 bits per heavy atom. The molecule has 0 radical (unpaired) electrons. The molecule has 3 rings (SSSR count). The number of anilines is 1. The Morgan fingerprint density at radius 3 is 2.48 bits per heavy atom. The van der Waals surface area contributed by atoms with Crippen molar-refractivity contribution in [3.63, 3.8) is 0 Å². The van der Waals surface area contributed by atoms with Crippen molar-refractivity contribution in [1.29, 1.82) is 0 Å². The highest BCUT2D eigenvalue weighted by Gasteiger charge is 2.23. The maximum atomic E-state index is 9.73. The van der Waals surface area contributed by atoms with Gasteiger partial charge in [0.25, 0.3) is 0 Å². The summed E-state index contributed by atoms with van der Waals surface area (Å²) in [7, 11) is 0. The zero-order valence-electron chi connectivity index (χ0n) is 14.6. The molecule has 2 nitrogen and oxygen atoms in total. The van der Waals surface area contributed by atoms with Crippen LogP contribution in [0.2, 0.25) is 0 Å². The number of aromatic hydroxyl groups is 1. The minimum absolute atomic E-state index is 0.360. The number of rotatable bonds is 3. The molecule has 2 aromatic carbocycles. The van der Waals surface area contributed by atoms with Crippen LogP contribution >= 0.6 is 0 Å². The normalized spacial score (nSPS) is 17.0. The molecule has 2 heteroatoms. The summed E-state index contributed by atoms with van der Waals surface area (Å²) in [5.74, 6) is 1.68. The summed E-state index contributed by atoms with van der Waals surface area (Å²) in [6.07, 6.45) is 2.14. The van der Waals surface area contributed by atoms with Crippen LogP contribution in [-0.2, 0) is 6.42 Å². The second-order valence-electron chi connectivity index (χ2n) is 7.22. The van der Waals surface area contributed by atoms with Gasteiger partial charge in [0.15, 0.2) is 0 Å². The fourth-order valence-corrected chi connectivity index (χ4v) is 3.85. The fraction of sp³-hybridized carbons (Fsp3) is 0.429. The maximum Gasteiger partial charge on any atom is 0.116 e. The van der Waals surface area contributed by atoms with Gasteiger partial charge in [-0.25, -0.2) is 0 Å². The van der Waals surface area contributed by atoms with Crippen LogP contribution in [0.25, 0.3) is 0 Å². The van der Waals surface area contributed by atoms with Gasteiger partial charge >= 0.3 is 0 Å². The average Bonchev–Trinajstić information content (AvgIpc) is 2.50. The molecule has 1 aliphatic rings. The van der Waals surface area contributed by atoms with E-state index in [2.05, 4.69) is 51.2 Å². The molecule has 2 aromatic rings. The highest BCUT2D eigenvalue weighted by Crippen LogP contribution is 2.37. The molecule has 0 aromatic heterocycles. The molecule has 1 unspecified atom stereocenters. The monoisotopic (exact) mass is 309 g/mol. The number of fused-ring (bicyclic) bond motifs is 1. The van der Waals surface area contributed by atoms with Crippen molar-refractivity contribution in [2.24, 2.45) is 5.92 Å². The molecular formula is C21H27NO. The van der Waals surface area contributed by atoms with Crippen molar-refractivity contribution in [3.8, 4) is 5.75 Å². The largest absolute Gasteiger partial charge is 0.508 e. The van der Waals surface area contributed by atoms with E-state index in [-0.39, 0.29) is 0 Å². The zero-order chi connectivity index (χ0) is 16.6. The Balaban J connectivity index is 1.95. The van der Waals surface area contributed by atoms with Gasteiger partial charge in [-0.1, -0.05) is 26.0 Å². The number of nitrogens with one attached hydrogen (secondary N) is 1. The Bertz CT molecular complexity index is 695. The van der Waals surface area contributed by atoms with Crippen molar-refractivity contribution in [2.75, 3.05) is 11.9 Å². The van der Waals surface area contributed by atoms with E-state index in [0.717, 1.165) is 13.0 Å². The molecule has 0 amide bonds. The second kappa shape index (κ2) is 6.27. The van der Waals surface area contributed by atoms with Crippen LogP contribution in [0.5, 0.6) is 5.75 Å². The summed E-state index contributed by atoms with van der Waals surface area (Å²) < 4.78 is 0. The van der Waals surface area contributed by atoms with Crippen molar-refractivity contribution >= 4 is 5.69 Å². The van der Waals surface area contributed by atoms with E-state index in [1.807, 2.05) is 12.1 Å². The average molecular weight is 309 g/mol. The van der Waals surface area contributed by atoms with Crippen LogP contribution < -0.4 is 5.32 Å². The summed E-state index contributed by atoms with van der Waals surface area (Å²) in [6.45, 7) is 9.88. The highest BCUT2D eigenvalue weighted by molar-refractivity contribution is 5.57. The molecule has 2 N–H and O–H groups in total. The number of benzene rings is 2. The van der Waals surface area contributed by atoms with E-state index < -0.39 is 0 Å². The van der Waals surface area contributed by atoms with Crippen LogP contribution in [-0.4, -0.2) is 11.7 Å². The fourth-order valence-electron chi connectivity index (χ4n) is 3.85. The van der Waals surface area contributed by atoms with Gasteiger partial charge in [0, 0.05) is 12.2 Å². The minimum Gasteiger partial charge on any atom is -0.508 e. The third-order valence-corrected chi connectivity index (χ3v) is 5.15. The molecule has 0 spiro atoms.